The number of halogens is 2. The lowest BCUT2D eigenvalue weighted by atomic mass is 9.93. The molecule has 248 valence electrons. The van der Waals surface area contributed by atoms with Gasteiger partial charge in [-0.05, 0) is 93.7 Å². The first-order valence-electron chi connectivity index (χ1n) is 16.4. The molecule has 7 rings (SSSR count). The summed E-state index contributed by atoms with van der Waals surface area (Å²) in [6.45, 7) is 7.95. The summed E-state index contributed by atoms with van der Waals surface area (Å²) in [5.41, 5.74) is 6.33. The number of anilines is 1. The van der Waals surface area contributed by atoms with Crippen LogP contribution in [0.1, 0.15) is 63.7 Å². The Morgan fingerprint density at radius 3 is 2.56 bits per heavy atom. The van der Waals surface area contributed by atoms with Crippen molar-refractivity contribution in [3.05, 3.63) is 112 Å². The molecule has 2 aromatic carbocycles. The van der Waals surface area contributed by atoms with E-state index in [0.29, 0.717) is 40.2 Å². The molecule has 2 aliphatic heterocycles. The molecular formula is C37H38ClFN6O3. The zero-order valence-corrected chi connectivity index (χ0v) is 27.8. The number of fused-ring (bicyclic) bond motifs is 1. The molecule has 2 saturated heterocycles. The van der Waals surface area contributed by atoms with E-state index in [0.717, 1.165) is 79.2 Å². The predicted molar refractivity (Wildman–Crippen MR) is 183 cm³/mol. The number of amides is 1. The summed E-state index contributed by atoms with van der Waals surface area (Å²) in [7, 11) is 0. The van der Waals surface area contributed by atoms with Gasteiger partial charge in [-0.2, -0.15) is 0 Å². The van der Waals surface area contributed by atoms with Gasteiger partial charge >= 0.3 is 0 Å². The number of pyridine rings is 2. The van der Waals surface area contributed by atoms with Crippen LogP contribution in [0.5, 0.6) is 5.88 Å². The number of hydrogen-bond donors (Lipinski definition) is 1. The Balaban J connectivity index is 1.02. The average molecular weight is 669 g/mol. The van der Waals surface area contributed by atoms with Crippen LogP contribution in [0, 0.1) is 19.7 Å². The van der Waals surface area contributed by atoms with Gasteiger partial charge in [0.2, 0.25) is 5.88 Å². The lowest BCUT2D eigenvalue weighted by Crippen LogP contribution is -2.35. The van der Waals surface area contributed by atoms with Crippen molar-refractivity contribution < 1.29 is 18.7 Å². The number of aromatic nitrogens is 4. The Morgan fingerprint density at radius 1 is 1.04 bits per heavy atom. The number of carbonyl (C=O) groups excluding carboxylic acids is 1. The number of aryl methyl sites for hydroxylation is 2. The van der Waals surface area contributed by atoms with E-state index in [1.54, 1.807) is 30.6 Å². The topological polar surface area (TPSA) is 94.4 Å². The van der Waals surface area contributed by atoms with Gasteiger partial charge in [-0.25, -0.2) is 14.4 Å². The van der Waals surface area contributed by atoms with E-state index in [4.69, 9.17) is 31.0 Å². The van der Waals surface area contributed by atoms with Crippen LogP contribution in [-0.2, 0) is 24.4 Å². The summed E-state index contributed by atoms with van der Waals surface area (Å²) in [4.78, 5) is 29.6. The number of carbonyl (C=O) groups is 1. The number of nitrogens with zero attached hydrogens (tertiary/aromatic N) is 5. The fourth-order valence-electron chi connectivity index (χ4n) is 6.58. The highest BCUT2D eigenvalue weighted by atomic mass is 35.5. The Kier molecular flexibility index (Phi) is 9.39. The highest BCUT2D eigenvalue weighted by Crippen LogP contribution is 2.30. The maximum absolute atomic E-state index is 14.2. The minimum atomic E-state index is -0.391. The number of nitrogens with one attached hydrogen (secondary N) is 1. The molecule has 0 unspecified atom stereocenters. The fourth-order valence-corrected chi connectivity index (χ4v) is 6.74. The molecular weight excluding hydrogens is 631 g/mol. The molecule has 5 heterocycles. The zero-order chi connectivity index (χ0) is 33.2. The smallest absolute Gasteiger partial charge is 0.256 e. The average Bonchev–Trinajstić information content (AvgIpc) is 3.38. The standard InChI is InChI=1S/C37H38ClFN6O3/c1-23-18-40-19-24(2)36(23)37(46)41-28-8-9-33-32(17-28)42-34(45(33)20-29-12-15-47-29)21-44-13-10-25(11-14-44)31-4-3-5-35(43-31)48-22-26-6-7-27(38)16-30(26)39/h3-9,16-19,25,29H,10-15,20-22H2,1-2H3,(H,41,46)/t29-/m0/s1. The fraction of sp³-hybridized carbons (Fsp3) is 0.351. The van der Waals surface area contributed by atoms with E-state index in [1.807, 2.05) is 44.2 Å². The number of benzene rings is 2. The van der Waals surface area contributed by atoms with Crippen LogP contribution in [0.3, 0.4) is 0 Å². The molecule has 1 N–H and O–H groups in total. The first-order chi connectivity index (χ1) is 23.3. The van der Waals surface area contributed by atoms with E-state index < -0.39 is 5.82 Å². The number of hydrogen-bond acceptors (Lipinski definition) is 7. The number of ether oxygens (including phenoxy) is 2. The Bertz CT molecular complexity index is 1930. The van der Waals surface area contributed by atoms with Crippen LogP contribution in [0.25, 0.3) is 11.0 Å². The molecule has 2 aliphatic rings. The number of likely N-dealkylation sites (tertiary alicyclic amines) is 1. The molecule has 5 aromatic rings. The van der Waals surface area contributed by atoms with Crippen molar-refractivity contribution in [2.45, 2.75) is 64.8 Å². The summed E-state index contributed by atoms with van der Waals surface area (Å²) >= 11 is 5.88. The van der Waals surface area contributed by atoms with Gasteiger partial charge in [-0.15, -0.1) is 0 Å². The summed E-state index contributed by atoms with van der Waals surface area (Å²) in [6, 6.07) is 16.3. The molecule has 1 atom stereocenters. The van der Waals surface area contributed by atoms with Crippen molar-refractivity contribution in [1.82, 2.24) is 24.4 Å². The molecule has 3 aromatic heterocycles. The van der Waals surface area contributed by atoms with Crippen molar-refractivity contribution in [3.8, 4) is 5.88 Å². The van der Waals surface area contributed by atoms with Crippen LogP contribution in [0.15, 0.2) is 67.0 Å². The van der Waals surface area contributed by atoms with Crippen molar-refractivity contribution in [1.29, 1.82) is 0 Å². The maximum atomic E-state index is 14.2. The Morgan fingerprint density at radius 2 is 1.83 bits per heavy atom. The van der Waals surface area contributed by atoms with Gasteiger partial charge in [-0.1, -0.05) is 23.7 Å². The molecule has 1 amide bonds. The van der Waals surface area contributed by atoms with E-state index >= 15 is 0 Å². The third kappa shape index (κ3) is 7.06. The van der Waals surface area contributed by atoms with Gasteiger partial charge in [0.25, 0.3) is 5.91 Å². The maximum Gasteiger partial charge on any atom is 0.256 e. The number of piperidine rings is 1. The van der Waals surface area contributed by atoms with Crippen molar-refractivity contribution in [3.63, 3.8) is 0 Å². The van der Waals surface area contributed by atoms with Gasteiger partial charge in [0, 0.05) is 58.5 Å². The number of imidazole rings is 1. The van der Waals surface area contributed by atoms with E-state index in [-0.39, 0.29) is 18.6 Å². The molecule has 11 heteroatoms. The summed E-state index contributed by atoms with van der Waals surface area (Å²) in [5.74, 6) is 1.24. The van der Waals surface area contributed by atoms with Crippen LogP contribution in [0.4, 0.5) is 10.1 Å². The lowest BCUT2D eigenvalue weighted by molar-refractivity contribution is -0.0592. The van der Waals surface area contributed by atoms with E-state index in [2.05, 4.69) is 19.8 Å². The largest absolute Gasteiger partial charge is 0.473 e. The van der Waals surface area contributed by atoms with Crippen LogP contribution in [-0.4, -0.2) is 56.1 Å². The van der Waals surface area contributed by atoms with Crippen LogP contribution >= 0.6 is 11.6 Å². The molecule has 0 bridgehead atoms. The van der Waals surface area contributed by atoms with Gasteiger partial charge in [0.15, 0.2) is 0 Å². The molecule has 0 aliphatic carbocycles. The molecule has 0 spiro atoms. The highest BCUT2D eigenvalue weighted by Gasteiger charge is 2.26. The predicted octanol–water partition coefficient (Wildman–Crippen LogP) is 7.24. The summed E-state index contributed by atoms with van der Waals surface area (Å²) < 4.78 is 28.1. The lowest BCUT2D eigenvalue weighted by Gasteiger charge is -2.32. The van der Waals surface area contributed by atoms with Gasteiger partial charge in [-0.3, -0.25) is 14.7 Å². The Labute approximate surface area is 284 Å². The van der Waals surface area contributed by atoms with Gasteiger partial charge < -0.3 is 19.4 Å². The van der Waals surface area contributed by atoms with E-state index in [1.165, 1.54) is 6.07 Å². The molecule has 2 fully saturated rings. The number of rotatable bonds is 10. The molecule has 9 nitrogen and oxygen atoms in total. The molecule has 0 radical (unpaired) electrons. The summed E-state index contributed by atoms with van der Waals surface area (Å²) in [5, 5.41) is 3.42. The zero-order valence-electron chi connectivity index (χ0n) is 27.1. The first-order valence-corrected chi connectivity index (χ1v) is 16.8. The minimum absolute atomic E-state index is 0.0861. The third-order valence-electron chi connectivity index (χ3n) is 9.32. The molecule has 0 saturated carbocycles. The van der Waals surface area contributed by atoms with Crippen molar-refractivity contribution >= 4 is 34.2 Å². The van der Waals surface area contributed by atoms with Gasteiger partial charge in [0.1, 0.15) is 18.2 Å². The first kappa shape index (κ1) is 32.2. The van der Waals surface area contributed by atoms with Crippen molar-refractivity contribution in [2.75, 3.05) is 25.0 Å². The van der Waals surface area contributed by atoms with Crippen LogP contribution in [0.2, 0.25) is 5.02 Å². The van der Waals surface area contributed by atoms with Crippen LogP contribution < -0.4 is 10.1 Å². The molecule has 48 heavy (non-hydrogen) atoms. The second kappa shape index (κ2) is 14.0. The normalized spacial score (nSPS) is 17.0. The minimum Gasteiger partial charge on any atom is -0.473 e. The van der Waals surface area contributed by atoms with E-state index in [9.17, 15) is 9.18 Å². The van der Waals surface area contributed by atoms with Gasteiger partial charge in [0.05, 0.1) is 30.2 Å². The summed E-state index contributed by atoms with van der Waals surface area (Å²) in [6.07, 6.45) is 6.55. The quantitative estimate of drug-likeness (QED) is 0.168. The second-order valence-corrected chi connectivity index (χ2v) is 13.1. The second-order valence-electron chi connectivity index (χ2n) is 12.7. The highest BCUT2D eigenvalue weighted by molar-refractivity contribution is 6.30. The monoisotopic (exact) mass is 668 g/mol. The SMILES string of the molecule is Cc1cncc(C)c1C(=O)Nc1ccc2c(c1)nc(CN1CCC(c3cccc(OCc4ccc(Cl)cc4F)n3)CC1)n2C[C@@H]1CCO1. The van der Waals surface area contributed by atoms with Crippen molar-refractivity contribution in [2.24, 2.45) is 0 Å². The third-order valence-corrected chi connectivity index (χ3v) is 9.56. The Hall–Kier alpha value is -4.38.